The molecule has 2 aliphatic heterocycles. The lowest BCUT2D eigenvalue weighted by Gasteiger charge is -2.33. The van der Waals surface area contributed by atoms with Gasteiger partial charge in [0.2, 0.25) is 0 Å². The van der Waals surface area contributed by atoms with Crippen LogP contribution in [-0.2, 0) is 4.74 Å². The van der Waals surface area contributed by atoms with Crippen molar-refractivity contribution in [2.24, 2.45) is 0 Å². The lowest BCUT2D eigenvalue weighted by atomic mass is 10.0. The Hall–Kier alpha value is -1.79. The highest BCUT2D eigenvalue weighted by Crippen LogP contribution is 2.18. The van der Waals surface area contributed by atoms with Gasteiger partial charge in [0, 0.05) is 44.0 Å². The van der Waals surface area contributed by atoms with Gasteiger partial charge in [-0.05, 0) is 37.8 Å². The van der Waals surface area contributed by atoms with Gasteiger partial charge in [-0.2, -0.15) is 0 Å². The normalized spacial score (nSPS) is 22.3. The average Bonchev–Trinajstić information content (AvgIpc) is 3.10. The Morgan fingerprint density at radius 1 is 1.33 bits per heavy atom. The van der Waals surface area contributed by atoms with Crippen molar-refractivity contribution in [3.8, 4) is 5.75 Å². The van der Waals surface area contributed by atoms with Crippen LogP contribution in [0.3, 0.4) is 0 Å². The highest BCUT2D eigenvalue weighted by molar-refractivity contribution is 5.89. The van der Waals surface area contributed by atoms with E-state index in [-0.39, 0.29) is 12.1 Å². The molecule has 0 aromatic heterocycles. The monoisotopic (exact) mass is 333 g/mol. The SMILES string of the molecule is COc1cccc(NC(=O)NC2CCN(C[C@H]3CCCO3)CC2)c1. The molecule has 2 N–H and O–H groups in total. The van der Waals surface area contributed by atoms with Gasteiger partial charge in [0.1, 0.15) is 5.75 Å². The summed E-state index contributed by atoms with van der Waals surface area (Å²) in [6, 6.07) is 7.46. The summed E-state index contributed by atoms with van der Waals surface area (Å²) in [6.45, 7) is 3.98. The van der Waals surface area contributed by atoms with Gasteiger partial charge in [0.15, 0.2) is 0 Å². The Bertz CT molecular complexity index is 538. The number of ether oxygens (including phenoxy) is 2. The largest absolute Gasteiger partial charge is 0.497 e. The molecule has 2 saturated heterocycles. The standard InChI is InChI=1S/C18H27N3O3/c1-23-16-5-2-4-15(12-16)20-18(22)19-14-7-9-21(10-8-14)13-17-6-3-11-24-17/h2,4-5,12,14,17H,3,6-11,13H2,1H3,(H2,19,20,22)/t17-/m1/s1. The molecule has 3 rings (SSSR count). The van der Waals surface area contributed by atoms with Crippen LogP contribution < -0.4 is 15.4 Å². The molecule has 2 fully saturated rings. The maximum absolute atomic E-state index is 12.1. The summed E-state index contributed by atoms with van der Waals surface area (Å²) < 4.78 is 10.9. The maximum atomic E-state index is 12.1. The van der Waals surface area contributed by atoms with Crippen LogP contribution in [0.25, 0.3) is 0 Å². The highest BCUT2D eigenvalue weighted by atomic mass is 16.5. The average molecular weight is 333 g/mol. The van der Waals surface area contributed by atoms with E-state index >= 15 is 0 Å². The van der Waals surface area contributed by atoms with E-state index in [0.29, 0.717) is 6.10 Å². The predicted octanol–water partition coefficient (Wildman–Crippen LogP) is 2.46. The first-order chi connectivity index (χ1) is 11.7. The van der Waals surface area contributed by atoms with E-state index in [2.05, 4.69) is 15.5 Å². The van der Waals surface area contributed by atoms with Crippen LogP contribution in [0, 0.1) is 0 Å². The summed E-state index contributed by atoms with van der Waals surface area (Å²) in [4.78, 5) is 14.6. The molecule has 1 aromatic rings. The van der Waals surface area contributed by atoms with Crippen LogP contribution >= 0.6 is 0 Å². The maximum Gasteiger partial charge on any atom is 0.319 e. The van der Waals surface area contributed by atoms with E-state index in [1.165, 1.54) is 12.8 Å². The van der Waals surface area contributed by atoms with Crippen molar-refractivity contribution in [3.63, 3.8) is 0 Å². The number of likely N-dealkylation sites (tertiary alicyclic amines) is 1. The van der Waals surface area contributed by atoms with Crippen molar-refractivity contribution in [1.29, 1.82) is 0 Å². The minimum absolute atomic E-state index is 0.152. The number of hydrogen-bond acceptors (Lipinski definition) is 4. The molecule has 2 heterocycles. The second-order valence-electron chi connectivity index (χ2n) is 6.54. The molecule has 132 valence electrons. The van der Waals surface area contributed by atoms with Gasteiger partial charge in [-0.3, -0.25) is 0 Å². The molecule has 1 atom stereocenters. The van der Waals surface area contributed by atoms with E-state index in [1.807, 2.05) is 24.3 Å². The van der Waals surface area contributed by atoms with Crippen molar-refractivity contribution in [3.05, 3.63) is 24.3 Å². The highest BCUT2D eigenvalue weighted by Gasteiger charge is 2.24. The van der Waals surface area contributed by atoms with Gasteiger partial charge in [0.25, 0.3) is 0 Å². The zero-order valence-electron chi connectivity index (χ0n) is 14.3. The third kappa shape index (κ3) is 4.85. The third-order valence-electron chi connectivity index (χ3n) is 4.74. The fourth-order valence-corrected chi connectivity index (χ4v) is 3.39. The molecule has 0 saturated carbocycles. The molecule has 0 bridgehead atoms. The van der Waals surface area contributed by atoms with Crippen molar-refractivity contribution in [2.45, 2.75) is 37.8 Å². The molecule has 1 aromatic carbocycles. The number of nitrogens with one attached hydrogen (secondary N) is 2. The number of nitrogens with zero attached hydrogens (tertiary/aromatic N) is 1. The zero-order chi connectivity index (χ0) is 16.8. The lowest BCUT2D eigenvalue weighted by Crippen LogP contribution is -2.47. The third-order valence-corrected chi connectivity index (χ3v) is 4.74. The fraction of sp³-hybridized carbons (Fsp3) is 0.611. The molecular weight excluding hydrogens is 306 g/mol. The van der Waals surface area contributed by atoms with Crippen molar-refractivity contribution in [1.82, 2.24) is 10.2 Å². The Kier molecular flexibility index (Phi) is 5.93. The minimum Gasteiger partial charge on any atom is -0.497 e. The van der Waals surface area contributed by atoms with Crippen LogP contribution in [0.15, 0.2) is 24.3 Å². The summed E-state index contributed by atoms with van der Waals surface area (Å²) in [5.41, 5.74) is 0.739. The molecule has 6 nitrogen and oxygen atoms in total. The molecule has 0 aliphatic carbocycles. The first-order valence-corrected chi connectivity index (χ1v) is 8.78. The second kappa shape index (κ2) is 8.35. The number of hydrogen-bond donors (Lipinski definition) is 2. The summed E-state index contributed by atoms with van der Waals surface area (Å²) in [7, 11) is 1.61. The number of carbonyl (C=O) groups is 1. The van der Waals surface area contributed by atoms with Crippen LogP contribution in [0.2, 0.25) is 0 Å². The first kappa shape index (κ1) is 17.0. The second-order valence-corrected chi connectivity index (χ2v) is 6.54. The number of methoxy groups -OCH3 is 1. The van der Waals surface area contributed by atoms with Crippen molar-refractivity contribution >= 4 is 11.7 Å². The van der Waals surface area contributed by atoms with E-state index in [9.17, 15) is 4.79 Å². The molecule has 2 aliphatic rings. The molecule has 6 heteroatoms. The summed E-state index contributed by atoms with van der Waals surface area (Å²) in [5, 5.41) is 5.94. The minimum atomic E-state index is -0.152. The molecule has 24 heavy (non-hydrogen) atoms. The molecular formula is C18H27N3O3. The lowest BCUT2D eigenvalue weighted by molar-refractivity contribution is 0.0633. The molecule has 0 spiro atoms. The van der Waals surface area contributed by atoms with Gasteiger partial charge in [-0.15, -0.1) is 0 Å². The van der Waals surface area contributed by atoms with Crippen molar-refractivity contribution < 1.29 is 14.3 Å². The number of anilines is 1. The number of rotatable bonds is 5. The van der Waals surface area contributed by atoms with E-state index < -0.39 is 0 Å². The van der Waals surface area contributed by atoms with Gasteiger partial charge < -0.3 is 25.0 Å². The first-order valence-electron chi connectivity index (χ1n) is 8.78. The zero-order valence-corrected chi connectivity index (χ0v) is 14.3. The number of urea groups is 1. The summed E-state index contributed by atoms with van der Waals surface area (Å²) in [6.07, 6.45) is 4.75. The Balaban J connectivity index is 1.39. The summed E-state index contributed by atoms with van der Waals surface area (Å²) >= 11 is 0. The summed E-state index contributed by atoms with van der Waals surface area (Å²) in [5.74, 6) is 0.732. The fourth-order valence-electron chi connectivity index (χ4n) is 3.39. The van der Waals surface area contributed by atoms with Gasteiger partial charge in [-0.25, -0.2) is 4.79 Å². The van der Waals surface area contributed by atoms with E-state index in [1.54, 1.807) is 7.11 Å². The van der Waals surface area contributed by atoms with Crippen LogP contribution in [0.1, 0.15) is 25.7 Å². The Morgan fingerprint density at radius 3 is 2.88 bits per heavy atom. The van der Waals surface area contributed by atoms with Crippen molar-refractivity contribution in [2.75, 3.05) is 38.7 Å². The smallest absolute Gasteiger partial charge is 0.319 e. The van der Waals surface area contributed by atoms with E-state index in [0.717, 1.165) is 50.5 Å². The van der Waals surface area contributed by atoms with Crippen LogP contribution in [-0.4, -0.2) is 56.4 Å². The van der Waals surface area contributed by atoms with Crippen LogP contribution in [0.4, 0.5) is 10.5 Å². The Morgan fingerprint density at radius 2 is 2.17 bits per heavy atom. The Labute approximate surface area is 143 Å². The van der Waals surface area contributed by atoms with Crippen LogP contribution in [0.5, 0.6) is 5.75 Å². The topological polar surface area (TPSA) is 62.8 Å². The number of benzene rings is 1. The number of piperidine rings is 1. The molecule has 0 unspecified atom stereocenters. The van der Waals surface area contributed by atoms with Gasteiger partial charge >= 0.3 is 6.03 Å². The quantitative estimate of drug-likeness (QED) is 0.869. The van der Waals surface area contributed by atoms with E-state index in [4.69, 9.17) is 9.47 Å². The number of amides is 2. The van der Waals surface area contributed by atoms with Gasteiger partial charge in [0.05, 0.1) is 13.2 Å². The number of carbonyl (C=O) groups excluding carboxylic acids is 1. The predicted molar refractivity (Wildman–Crippen MR) is 93.6 cm³/mol. The van der Waals surface area contributed by atoms with Gasteiger partial charge in [-0.1, -0.05) is 6.07 Å². The molecule has 0 radical (unpaired) electrons. The molecule has 2 amide bonds.